The smallest absolute Gasteiger partial charge is 0.364 e. The Labute approximate surface area is 86.5 Å². The summed E-state index contributed by atoms with van der Waals surface area (Å²) in [5.74, 6) is -0.570. The monoisotopic (exact) mass is 216 g/mol. The summed E-state index contributed by atoms with van der Waals surface area (Å²) in [6, 6.07) is -1.58. The Hall–Kier alpha value is -1.18. The van der Waals surface area contributed by atoms with Gasteiger partial charge in [0.25, 0.3) is 5.91 Å². The number of urea groups is 1. The molecule has 0 aromatic carbocycles. The van der Waals surface area contributed by atoms with Crippen LogP contribution in [0.5, 0.6) is 0 Å². The highest BCUT2D eigenvalue weighted by atomic mass is 16.7. The molecule has 2 heterocycles. The van der Waals surface area contributed by atoms with Gasteiger partial charge in [-0.1, -0.05) is 4.65 Å². The van der Waals surface area contributed by atoms with Crippen molar-refractivity contribution in [3.05, 3.63) is 0 Å². The largest absolute Gasteiger partial charge is 0.476 e. The summed E-state index contributed by atoms with van der Waals surface area (Å²) in [5, 5.41) is 10.2. The quantitative estimate of drug-likeness (QED) is 0.467. The minimum Gasteiger partial charge on any atom is -0.364 e. The second-order valence-corrected chi connectivity index (χ2v) is 3.94. The topological polar surface area (TPSA) is 92.9 Å². The molecular weight excluding hydrogens is 202 g/mol. The van der Waals surface area contributed by atoms with Crippen LogP contribution >= 0.6 is 0 Å². The van der Waals surface area contributed by atoms with Crippen molar-refractivity contribution in [2.75, 3.05) is 13.7 Å². The fourth-order valence-corrected chi connectivity index (χ4v) is 2.46. The average molecular weight is 216 g/mol. The number of carbonyl (C=O) groups is 2. The molecule has 0 aromatic rings. The Bertz CT molecular complexity index is 321. The normalized spacial score (nSPS) is 39.6. The van der Waals surface area contributed by atoms with Crippen LogP contribution in [0.2, 0.25) is 0 Å². The molecule has 3 atom stereocenters. The first kappa shape index (κ1) is 10.3. The van der Waals surface area contributed by atoms with Crippen molar-refractivity contribution in [3.63, 3.8) is 0 Å². The number of nitrogens with two attached hydrogens (primary N) is 1. The van der Waals surface area contributed by atoms with Gasteiger partial charge < -0.3 is 5.73 Å². The van der Waals surface area contributed by atoms with Crippen molar-refractivity contribution in [2.24, 2.45) is 5.73 Å². The van der Waals surface area contributed by atoms with E-state index in [1.54, 1.807) is 0 Å². The number of piperidine rings is 1. The molecule has 2 aliphatic rings. The first-order valence-electron chi connectivity index (χ1n) is 4.78. The van der Waals surface area contributed by atoms with Crippen LogP contribution in [0.4, 0.5) is 4.79 Å². The number of primary amides is 1. The zero-order valence-corrected chi connectivity index (χ0v) is 8.42. The highest BCUT2D eigenvalue weighted by Crippen LogP contribution is 2.36. The van der Waals surface area contributed by atoms with E-state index in [0.717, 1.165) is 0 Å². The highest BCUT2D eigenvalue weighted by Gasteiger charge is 2.63. The summed E-state index contributed by atoms with van der Waals surface area (Å²) in [6.45, 7) is 0.277. The number of hydrogen-bond acceptors (Lipinski definition) is 4. The van der Waals surface area contributed by atoms with Crippen molar-refractivity contribution in [1.29, 1.82) is 0 Å². The maximum atomic E-state index is 11.8. The predicted octanol–water partition coefficient (Wildman–Crippen LogP) is -0.794. The van der Waals surface area contributed by atoms with Gasteiger partial charge >= 0.3 is 6.03 Å². The molecule has 2 bridgehead atoms. The highest BCUT2D eigenvalue weighted by molar-refractivity contribution is 5.82. The Morgan fingerprint density at radius 1 is 1.67 bits per heavy atom. The zero-order valence-electron chi connectivity index (χ0n) is 8.42. The first-order valence-corrected chi connectivity index (χ1v) is 4.78. The molecule has 0 aromatic heterocycles. The maximum absolute atomic E-state index is 11.8. The summed E-state index contributed by atoms with van der Waals surface area (Å²) in [6.07, 6.45) is 1.02. The molecule has 2 aliphatic heterocycles. The molecule has 0 aliphatic carbocycles. The van der Waals surface area contributed by atoms with E-state index < -0.39 is 22.6 Å². The van der Waals surface area contributed by atoms with E-state index in [1.807, 2.05) is 0 Å². The van der Waals surface area contributed by atoms with Gasteiger partial charge in [-0.2, -0.15) is 9.90 Å². The molecule has 0 saturated carbocycles. The van der Waals surface area contributed by atoms with Crippen molar-refractivity contribution in [2.45, 2.75) is 24.9 Å². The van der Waals surface area contributed by atoms with E-state index in [-0.39, 0.29) is 12.6 Å². The average Bonchev–Trinajstić information content (AvgIpc) is 2.41. The lowest BCUT2D eigenvalue weighted by Crippen LogP contribution is -2.62. The summed E-state index contributed by atoms with van der Waals surface area (Å²) in [5.41, 5.74) is 5.23. The molecule has 3 amide bonds. The van der Waals surface area contributed by atoms with Gasteiger partial charge in [0.2, 0.25) is 6.04 Å². The van der Waals surface area contributed by atoms with Crippen LogP contribution in [0.25, 0.3) is 0 Å². The van der Waals surface area contributed by atoms with E-state index in [4.69, 9.17) is 10.6 Å². The van der Waals surface area contributed by atoms with Crippen LogP contribution in [0.15, 0.2) is 0 Å². The van der Waals surface area contributed by atoms with Crippen molar-refractivity contribution < 1.29 is 24.3 Å². The van der Waals surface area contributed by atoms with Gasteiger partial charge in [0.1, 0.15) is 12.6 Å². The fourth-order valence-electron chi connectivity index (χ4n) is 2.46. The summed E-state index contributed by atoms with van der Waals surface area (Å²) in [4.78, 5) is 28.1. The Morgan fingerprint density at radius 2 is 2.33 bits per heavy atom. The van der Waals surface area contributed by atoms with Crippen LogP contribution in [-0.2, 0) is 9.63 Å². The van der Waals surface area contributed by atoms with Crippen LogP contribution in [0.1, 0.15) is 12.8 Å². The van der Waals surface area contributed by atoms with Gasteiger partial charge in [-0.25, -0.2) is 4.79 Å². The van der Waals surface area contributed by atoms with E-state index in [2.05, 4.69) is 0 Å². The first-order chi connectivity index (χ1) is 7.03. The summed E-state index contributed by atoms with van der Waals surface area (Å²) >= 11 is 0. The number of nitrogens with zero attached hydrogens (tertiary/aromatic N) is 2. The lowest BCUT2D eigenvalue weighted by molar-refractivity contribution is -1.05. The number of fused-ring (bicyclic) bond motifs is 2. The SMILES string of the molecule is CO[N+]12C[C@@H](CC[C@H]1C(N)=O)N(O)C2=O. The summed E-state index contributed by atoms with van der Waals surface area (Å²) < 4.78 is -0.503. The second kappa shape index (κ2) is 3.16. The molecular formula is C8H14N3O4+. The van der Waals surface area contributed by atoms with Crippen LogP contribution in [0, 0.1) is 0 Å². The molecule has 3 N–H and O–H groups in total. The fraction of sp³-hybridized carbons (Fsp3) is 0.750. The lowest BCUT2D eigenvalue weighted by atomic mass is 10.00. The van der Waals surface area contributed by atoms with Gasteiger partial charge in [-0.15, -0.1) is 0 Å². The van der Waals surface area contributed by atoms with E-state index in [9.17, 15) is 14.8 Å². The number of quaternary nitrogens is 1. The number of hydrogen-bond donors (Lipinski definition) is 2. The second-order valence-electron chi connectivity index (χ2n) is 3.94. The van der Waals surface area contributed by atoms with E-state index in [0.29, 0.717) is 17.9 Å². The minimum absolute atomic E-state index is 0.270. The van der Waals surface area contributed by atoms with E-state index in [1.165, 1.54) is 7.11 Å². The van der Waals surface area contributed by atoms with Crippen molar-refractivity contribution >= 4 is 11.9 Å². The van der Waals surface area contributed by atoms with Crippen molar-refractivity contribution in [3.8, 4) is 0 Å². The predicted molar refractivity (Wildman–Crippen MR) is 47.2 cm³/mol. The minimum atomic E-state index is -0.698. The Kier molecular flexibility index (Phi) is 2.18. The number of rotatable bonds is 2. The molecule has 0 radical (unpaired) electrons. The molecule has 7 heteroatoms. The number of amides is 3. The molecule has 2 fully saturated rings. The molecule has 0 spiro atoms. The van der Waals surface area contributed by atoms with Gasteiger partial charge in [-0.3, -0.25) is 10.0 Å². The molecule has 2 rings (SSSR count). The standard InChI is InChI=1S/C8H13N3O4/c1-15-11-4-5(10(14)8(11)13)2-3-6(11)7(9)12/h5-6,14H,2-4H2,1H3,(H-,9,12)/p+1/t5-,6+,11?/m1/s1. The van der Waals surface area contributed by atoms with E-state index >= 15 is 0 Å². The van der Waals surface area contributed by atoms with Crippen molar-refractivity contribution in [1.82, 2.24) is 5.06 Å². The third-order valence-electron chi connectivity index (χ3n) is 3.28. The lowest BCUT2D eigenvalue weighted by Gasteiger charge is -2.33. The molecule has 7 nitrogen and oxygen atoms in total. The summed E-state index contributed by atoms with van der Waals surface area (Å²) in [7, 11) is 1.34. The van der Waals surface area contributed by atoms with Gasteiger partial charge in [-0.05, 0) is 6.42 Å². The Morgan fingerprint density at radius 3 is 2.87 bits per heavy atom. The molecule has 2 saturated heterocycles. The Balaban J connectivity index is 2.40. The number of hydroxylamine groups is 5. The van der Waals surface area contributed by atoms with Crippen LogP contribution in [-0.4, -0.2) is 52.6 Å². The molecule has 84 valence electrons. The maximum Gasteiger partial charge on any atom is 0.476 e. The van der Waals surface area contributed by atoms with Crippen LogP contribution in [0.3, 0.4) is 0 Å². The third-order valence-corrected chi connectivity index (χ3v) is 3.28. The van der Waals surface area contributed by atoms with Gasteiger partial charge in [0, 0.05) is 6.42 Å². The zero-order chi connectivity index (χ0) is 11.2. The van der Waals surface area contributed by atoms with Crippen LogP contribution < -0.4 is 5.73 Å². The third kappa shape index (κ3) is 1.17. The molecule has 1 unspecified atom stereocenters. The molecule has 15 heavy (non-hydrogen) atoms. The number of carbonyl (C=O) groups excluding carboxylic acids is 2. The van der Waals surface area contributed by atoms with Gasteiger partial charge in [0.05, 0.1) is 7.11 Å². The van der Waals surface area contributed by atoms with Gasteiger partial charge in [0.15, 0.2) is 0 Å².